The van der Waals surface area contributed by atoms with Crippen LogP contribution in [-0.4, -0.2) is 28.6 Å². The number of pyridine rings is 1. The third kappa shape index (κ3) is 4.50. The predicted octanol–water partition coefficient (Wildman–Crippen LogP) is 2.28. The standard InChI is InChI=1S/C11H14Cl2N2O2/c1-2-3-7(16)6-14-11(17)8-4-5-9(12)15-10(8)13/h4-5,7,16H,2-3,6H2,1H3,(H,14,17). The van der Waals surface area contributed by atoms with Crippen molar-refractivity contribution < 1.29 is 9.90 Å². The molecule has 2 N–H and O–H groups in total. The molecule has 0 saturated heterocycles. The molecule has 1 amide bonds. The van der Waals surface area contributed by atoms with Gasteiger partial charge in [0.15, 0.2) is 0 Å². The Kier molecular flexibility index (Phi) is 5.68. The highest BCUT2D eigenvalue weighted by Crippen LogP contribution is 2.16. The van der Waals surface area contributed by atoms with Gasteiger partial charge in [0, 0.05) is 6.54 Å². The number of nitrogens with zero attached hydrogens (tertiary/aromatic N) is 1. The Hall–Kier alpha value is -0.840. The molecule has 1 aromatic rings. The molecule has 0 fully saturated rings. The van der Waals surface area contributed by atoms with Gasteiger partial charge in [0.1, 0.15) is 10.3 Å². The Balaban J connectivity index is 2.58. The van der Waals surface area contributed by atoms with E-state index < -0.39 is 6.10 Å². The van der Waals surface area contributed by atoms with Crippen molar-refractivity contribution in [2.75, 3.05) is 6.54 Å². The van der Waals surface area contributed by atoms with Gasteiger partial charge in [-0.3, -0.25) is 4.79 Å². The normalized spacial score (nSPS) is 12.2. The molecule has 0 aliphatic carbocycles. The molecule has 4 nitrogen and oxygen atoms in total. The van der Waals surface area contributed by atoms with Crippen LogP contribution < -0.4 is 5.32 Å². The minimum absolute atomic E-state index is 0.0555. The van der Waals surface area contributed by atoms with Gasteiger partial charge in [0.25, 0.3) is 5.91 Å². The van der Waals surface area contributed by atoms with Crippen LogP contribution in [0.2, 0.25) is 10.3 Å². The van der Waals surface area contributed by atoms with Crippen LogP contribution in [0.1, 0.15) is 30.1 Å². The van der Waals surface area contributed by atoms with Crippen LogP contribution in [-0.2, 0) is 0 Å². The fourth-order valence-corrected chi connectivity index (χ4v) is 1.75. The molecule has 0 aromatic carbocycles. The van der Waals surface area contributed by atoms with Crippen LogP contribution in [0.15, 0.2) is 12.1 Å². The first kappa shape index (κ1) is 14.2. The summed E-state index contributed by atoms with van der Waals surface area (Å²) in [6, 6.07) is 2.99. The third-order valence-corrected chi connectivity index (χ3v) is 2.68. The lowest BCUT2D eigenvalue weighted by Crippen LogP contribution is -2.32. The largest absolute Gasteiger partial charge is 0.391 e. The van der Waals surface area contributed by atoms with E-state index in [1.54, 1.807) is 0 Å². The summed E-state index contributed by atoms with van der Waals surface area (Å²) in [6.07, 6.45) is 0.968. The molecule has 94 valence electrons. The number of amides is 1. The van der Waals surface area contributed by atoms with Gasteiger partial charge in [0.2, 0.25) is 0 Å². The van der Waals surface area contributed by atoms with Crippen molar-refractivity contribution in [3.63, 3.8) is 0 Å². The lowest BCUT2D eigenvalue weighted by atomic mass is 10.2. The fraction of sp³-hybridized carbons (Fsp3) is 0.455. The zero-order valence-electron chi connectivity index (χ0n) is 9.41. The Morgan fingerprint density at radius 2 is 2.24 bits per heavy atom. The maximum absolute atomic E-state index is 11.7. The fourth-order valence-electron chi connectivity index (χ4n) is 1.32. The summed E-state index contributed by atoms with van der Waals surface area (Å²) < 4.78 is 0. The lowest BCUT2D eigenvalue weighted by Gasteiger charge is -2.11. The summed E-state index contributed by atoms with van der Waals surface area (Å²) in [6.45, 7) is 2.16. The van der Waals surface area contributed by atoms with Gasteiger partial charge in [-0.2, -0.15) is 0 Å². The van der Waals surface area contributed by atoms with Gasteiger partial charge in [0.05, 0.1) is 11.7 Å². The minimum atomic E-state index is -0.539. The molecular formula is C11H14Cl2N2O2. The number of rotatable bonds is 5. The first-order valence-electron chi connectivity index (χ1n) is 5.33. The van der Waals surface area contributed by atoms with Crippen molar-refractivity contribution in [3.05, 3.63) is 28.0 Å². The van der Waals surface area contributed by atoms with Gasteiger partial charge >= 0.3 is 0 Å². The van der Waals surface area contributed by atoms with E-state index in [9.17, 15) is 9.90 Å². The maximum Gasteiger partial charge on any atom is 0.254 e. The van der Waals surface area contributed by atoms with Crippen LogP contribution in [0.25, 0.3) is 0 Å². The quantitative estimate of drug-likeness (QED) is 0.812. The molecule has 6 heteroatoms. The number of carbonyl (C=O) groups excluding carboxylic acids is 1. The third-order valence-electron chi connectivity index (χ3n) is 2.18. The smallest absolute Gasteiger partial charge is 0.254 e. The van der Waals surface area contributed by atoms with Crippen LogP contribution in [0.4, 0.5) is 0 Å². The highest BCUT2D eigenvalue weighted by atomic mass is 35.5. The molecule has 0 saturated carbocycles. The molecule has 1 heterocycles. The Morgan fingerprint density at radius 1 is 1.53 bits per heavy atom. The first-order valence-corrected chi connectivity index (χ1v) is 6.08. The van der Waals surface area contributed by atoms with Crippen molar-refractivity contribution in [1.29, 1.82) is 0 Å². The summed E-state index contributed by atoms with van der Waals surface area (Å²) in [5.74, 6) is -0.366. The van der Waals surface area contributed by atoms with Crippen LogP contribution >= 0.6 is 23.2 Å². The average molecular weight is 277 g/mol. The van der Waals surface area contributed by atoms with E-state index in [1.807, 2.05) is 6.92 Å². The molecule has 0 bridgehead atoms. The van der Waals surface area contributed by atoms with E-state index >= 15 is 0 Å². The second-order valence-electron chi connectivity index (χ2n) is 3.62. The van der Waals surface area contributed by atoms with Gasteiger partial charge in [-0.15, -0.1) is 0 Å². The molecule has 0 aliphatic heterocycles. The van der Waals surface area contributed by atoms with E-state index in [2.05, 4.69) is 10.3 Å². The van der Waals surface area contributed by atoms with Crippen molar-refractivity contribution >= 4 is 29.1 Å². The van der Waals surface area contributed by atoms with E-state index in [0.29, 0.717) is 6.42 Å². The highest BCUT2D eigenvalue weighted by Gasteiger charge is 2.12. The Bertz CT molecular complexity index is 399. The Morgan fingerprint density at radius 3 is 2.82 bits per heavy atom. The highest BCUT2D eigenvalue weighted by molar-refractivity contribution is 6.34. The lowest BCUT2D eigenvalue weighted by molar-refractivity contribution is 0.0910. The number of aliphatic hydroxyl groups excluding tert-OH is 1. The number of aromatic nitrogens is 1. The number of nitrogens with one attached hydrogen (secondary N) is 1. The summed E-state index contributed by atoms with van der Waals surface area (Å²) in [7, 11) is 0. The second kappa shape index (κ2) is 6.79. The average Bonchev–Trinajstić information content (AvgIpc) is 2.26. The van der Waals surface area contributed by atoms with Gasteiger partial charge in [-0.05, 0) is 18.6 Å². The first-order chi connectivity index (χ1) is 8.04. The van der Waals surface area contributed by atoms with E-state index in [0.717, 1.165) is 6.42 Å². The number of aliphatic hydroxyl groups is 1. The van der Waals surface area contributed by atoms with Crippen LogP contribution in [0.3, 0.4) is 0 Å². The molecule has 0 spiro atoms. The van der Waals surface area contributed by atoms with Gasteiger partial charge in [-0.25, -0.2) is 4.98 Å². The molecule has 1 atom stereocenters. The summed E-state index contributed by atoms with van der Waals surface area (Å²) in [5.41, 5.74) is 0.250. The van der Waals surface area contributed by atoms with Gasteiger partial charge < -0.3 is 10.4 Å². The van der Waals surface area contributed by atoms with E-state index in [4.69, 9.17) is 23.2 Å². The van der Waals surface area contributed by atoms with Crippen molar-refractivity contribution in [2.45, 2.75) is 25.9 Å². The zero-order chi connectivity index (χ0) is 12.8. The van der Waals surface area contributed by atoms with Crippen LogP contribution in [0, 0.1) is 0 Å². The summed E-state index contributed by atoms with van der Waals surface area (Å²) >= 11 is 11.4. The number of carbonyl (C=O) groups is 1. The van der Waals surface area contributed by atoms with E-state index in [1.165, 1.54) is 12.1 Å². The molecule has 1 aromatic heterocycles. The van der Waals surface area contributed by atoms with E-state index in [-0.39, 0.29) is 28.3 Å². The number of hydrogen-bond donors (Lipinski definition) is 2. The van der Waals surface area contributed by atoms with Crippen molar-refractivity contribution in [3.8, 4) is 0 Å². The number of halogens is 2. The molecule has 0 radical (unpaired) electrons. The maximum atomic E-state index is 11.7. The molecule has 1 rings (SSSR count). The SMILES string of the molecule is CCCC(O)CNC(=O)c1ccc(Cl)nc1Cl. The van der Waals surface area contributed by atoms with Crippen molar-refractivity contribution in [1.82, 2.24) is 10.3 Å². The summed E-state index contributed by atoms with van der Waals surface area (Å²) in [4.78, 5) is 15.5. The Labute approximate surface area is 110 Å². The molecule has 1 unspecified atom stereocenters. The molecule has 17 heavy (non-hydrogen) atoms. The summed E-state index contributed by atoms with van der Waals surface area (Å²) in [5, 5.41) is 12.4. The monoisotopic (exact) mass is 276 g/mol. The topological polar surface area (TPSA) is 62.2 Å². The molecule has 0 aliphatic rings. The van der Waals surface area contributed by atoms with Crippen molar-refractivity contribution in [2.24, 2.45) is 0 Å². The molecular weight excluding hydrogens is 263 g/mol. The van der Waals surface area contributed by atoms with Gasteiger partial charge in [-0.1, -0.05) is 36.5 Å². The second-order valence-corrected chi connectivity index (χ2v) is 4.37. The number of hydrogen-bond acceptors (Lipinski definition) is 3. The van der Waals surface area contributed by atoms with Crippen LogP contribution in [0.5, 0.6) is 0 Å². The predicted molar refractivity (Wildman–Crippen MR) is 67.5 cm³/mol. The zero-order valence-corrected chi connectivity index (χ0v) is 10.9. The minimum Gasteiger partial charge on any atom is -0.391 e.